The van der Waals surface area contributed by atoms with Crippen LogP contribution in [0, 0.1) is 10.1 Å². The lowest BCUT2D eigenvalue weighted by Crippen LogP contribution is -2.23. The van der Waals surface area contributed by atoms with Crippen molar-refractivity contribution in [2.75, 3.05) is 26.2 Å². The number of nitrogens with one attached hydrogen (secondary N) is 2. The zero-order chi connectivity index (χ0) is 15.0. The van der Waals surface area contributed by atoms with Gasteiger partial charge in [0.25, 0.3) is 5.91 Å². The summed E-state index contributed by atoms with van der Waals surface area (Å²) < 4.78 is 5.36. The Kier molecular flexibility index (Phi) is 6.45. The summed E-state index contributed by atoms with van der Waals surface area (Å²) in [5.41, 5.74) is 0.0443. The molecule has 0 saturated carbocycles. The number of carbonyl (C=O) groups is 1. The van der Waals surface area contributed by atoms with Crippen LogP contribution < -0.4 is 15.4 Å². The van der Waals surface area contributed by atoms with Crippen LogP contribution in [0.15, 0.2) is 18.2 Å². The highest BCUT2D eigenvalue weighted by atomic mass is 16.6. The fraction of sp³-hybridized carbons (Fsp3) is 0.462. The number of hydrogen-bond donors (Lipinski definition) is 2. The molecule has 0 aliphatic carbocycles. The SMILES string of the molecule is CCNCCOc1ccc(C(=O)NCC)cc1[N+](=O)[O-]. The van der Waals surface area contributed by atoms with Gasteiger partial charge in [0.15, 0.2) is 5.75 Å². The fourth-order valence-electron chi connectivity index (χ4n) is 1.60. The number of carbonyl (C=O) groups excluding carboxylic acids is 1. The predicted molar refractivity (Wildman–Crippen MR) is 75.1 cm³/mol. The maximum Gasteiger partial charge on any atom is 0.311 e. The molecule has 2 N–H and O–H groups in total. The molecule has 0 aliphatic rings. The number of hydrogen-bond acceptors (Lipinski definition) is 5. The molecule has 1 aromatic rings. The van der Waals surface area contributed by atoms with Crippen molar-refractivity contribution in [3.05, 3.63) is 33.9 Å². The third kappa shape index (κ3) is 4.51. The second kappa shape index (κ2) is 8.11. The van der Waals surface area contributed by atoms with Crippen LogP contribution in [0.2, 0.25) is 0 Å². The van der Waals surface area contributed by atoms with E-state index in [0.717, 1.165) is 6.54 Å². The first-order chi connectivity index (χ1) is 9.60. The largest absolute Gasteiger partial charge is 0.485 e. The highest BCUT2D eigenvalue weighted by Crippen LogP contribution is 2.27. The number of rotatable bonds is 8. The van der Waals surface area contributed by atoms with Crippen molar-refractivity contribution in [1.82, 2.24) is 10.6 Å². The van der Waals surface area contributed by atoms with E-state index >= 15 is 0 Å². The molecule has 0 radical (unpaired) electrons. The van der Waals surface area contributed by atoms with E-state index in [9.17, 15) is 14.9 Å². The number of amides is 1. The average molecular weight is 281 g/mol. The molecule has 0 unspecified atom stereocenters. The molecule has 7 heteroatoms. The molecule has 0 bridgehead atoms. The quantitative estimate of drug-likeness (QED) is 0.426. The molecule has 110 valence electrons. The van der Waals surface area contributed by atoms with Crippen LogP contribution >= 0.6 is 0 Å². The molecular formula is C13H19N3O4. The summed E-state index contributed by atoms with van der Waals surface area (Å²) in [7, 11) is 0. The first-order valence-electron chi connectivity index (χ1n) is 6.50. The van der Waals surface area contributed by atoms with E-state index in [4.69, 9.17) is 4.74 Å². The normalized spacial score (nSPS) is 10.1. The van der Waals surface area contributed by atoms with Gasteiger partial charge in [-0.25, -0.2) is 0 Å². The van der Waals surface area contributed by atoms with E-state index < -0.39 is 4.92 Å². The van der Waals surface area contributed by atoms with Crippen LogP contribution in [0.25, 0.3) is 0 Å². The Bertz CT molecular complexity index is 477. The van der Waals surface area contributed by atoms with E-state index in [1.54, 1.807) is 6.92 Å². The second-order valence-corrected chi connectivity index (χ2v) is 4.00. The monoisotopic (exact) mass is 281 g/mol. The van der Waals surface area contributed by atoms with Crippen molar-refractivity contribution in [2.45, 2.75) is 13.8 Å². The molecule has 7 nitrogen and oxygen atoms in total. The summed E-state index contributed by atoms with van der Waals surface area (Å²) in [5.74, 6) is -0.171. The van der Waals surface area contributed by atoms with Gasteiger partial charge in [-0.1, -0.05) is 6.92 Å². The van der Waals surface area contributed by atoms with Gasteiger partial charge in [-0.2, -0.15) is 0 Å². The van der Waals surface area contributed by atoms with Crippen LogP contribution in [0.5, 0.6) is 5.75 Å². The molecule has 0 aromatic heterocycles. The Balaban J connectivity index is 2.85. The lowest BCUT2D eigenvalue weighted by molar-refractivity contribution is -0.385. The van der Waals surface area contributed by atoms with E-state index in [2.05, 4.69) is 10.6 Å². The molecule has 0 saturated heterocycles. The molecule has 1 aromatic carbocycles. The minimum Gasteiger partial charge on any atom is -0.485 e. The van der Waals surface area contributed by atoms with Crippen LogP contribution in [0.4, 0.5) is 5.69 Å². The maximum absolute atomic E-state index is 11.6. The van der Waals surface area contributed by atoms with Gasteiger partial charge in [-0.15, -0.1) is 0 Å². The Morgan fingerprint density at radius 3 is 2.70 bits per heavy atom. The maximum atomic E-state index is 11.6. The Hall–Kier alpha value is -2.15. The molecule has 0 spiro atoms. The average Bonchev–Trinajstić information content (AvgIpc) is 2.43. The molecule has 1 amide bonds. The molecule has 0 heterocycles. The molecule has 0 fully saturated rings. The third-order valence-electron chi connectivity index (χ3n) is 2.54. The second-order valence-electron chi connectivity index (χ2n) is 4.00. The first kappa shape index (κ1) is 15.9. The standard InChI is InChI=1S/C13H19N3O4/c1-3-14-7-8-20-12-6-5-10(13(17)15-4-2)9-11(12)16(18)19/h5-6,9,14H,3-4,7-8H2,1-2H3,(H,15,17). The predicted octanol–water partition coefficient (Wildman–Crippen LogP) is 1.33. The van der Waals surface area contributed by atoms with Crippen molar-refractivity contribution in [3.8, 4) is 5.75 Å². The third-order valence-corrected chi connectivity index (χ3v) is 2.54. The summed E-state index contributed by atoms with van der Waals surface area (Å²) >= 11 is 0. The molecular weight excluding hydrogens is 262 g/mol. The van der Waals surface area contributed by atoms with Crippen molar-refractivity contribution in [2.24, 2.45) is 0 Å². The summed E-state index contributed by atoms with van der Waals surface area (Å²) in [6, 6.07) is 4.20. The first-order valence-corrected chi connectivity index (χ1v) is 6.50. The summed E-state index contributed by atoms with van der Waals surface area (Å²) in [4.78, 5) is 22.1. The van der Waals surface area contributed by atoms with Gasteiger partial charge in [0, 0.05) is 24.7 Å². The van der Waals surface area contributed by atoms with Crippen LogP contribution in [0.3, 0.4) is 0 Å². The summed E-state index contributed by atoms with van der Waals surface area (Å²) in [6.45, 7) is 5.95. The minimum atomic E-state index is -0.550. The number of ether oxygens (including phenoxy) is 1. The van der Waals surface area contributed by atoms with Gasteiger partial charge in [0.05, 0.1) is 4.92 Å². The lowest BCUT2D eigenvalue weighted by atomic mass is 10.1. The van der Waals surface area contributed by atoms with Gasteiger partial charge in [0.1, 0.15) is 6.61 Å². The van der Waals surface area contributed by atoms with Gasteiger partial charge < -0.3 is 15.4 Å². The fourth-order valence-corrected chi connectivity index (χ4v) is 1.60. The highest BCUT2D eigenvalue weighted by molar-refractivity contribution is 5.95. The highest BCUT2D eigenvalue weighted by Gasteiger charge is 2.18. The van der Waals surface area contributed by atoms with E-state index in [1.165, 1.54) is 18.2 Å². The van der Waals surface area contributed by atoms with E-state index in [1.807, 2.05) is 6.92 Å². The smallest absolute Gasteiger partial charge is 0.311 e. The van der Waals surface area contributed by atoms with Gasteiger partial charge >= 0.3 is 5.69 Å². The summed E-state index contributed by atoms with van der Waals surface area (Å²) in [5, 5.41) is 16.7. The number of nitro benzene ring substituents is 1. The topological polar surface area (TPSA) is 93.5 Å². The van der Waals surface area contributed by atoms with Gasteiger partial charge in [-0.05, 0) is 25.6 Å². The zero-order valence-corrected chi connectivity index (χ0v) is 11.6. The van der Waals surface area contributed by atoms with Crippen molar-refractivity contribution < 1.29 is 14.5 Å². The van der Waals surface area contributed by atoms with Gasteiger partial charge in [-0.3, -0.25) is 14.9 Å². The van der Waals surface area contributed by atoms with Crippen molar-refractivity contribution >= 4 is 11.6 Å². The summed E-state index contributed by atoms with van der Waals surface area (Å²) in [6.07, 6.45) is 0. The van der Waals surface area contributed by atoms with Crippen molar-refractivity contribution in [3.63, 3.8) is 0 Å². The lowest BCUT2D eigenvalue weighted by Gasteiger charge is -2.08. The molecule has 0 aliphatic heterocycles. The number of nitrogens with zero attached hydrogens (tertiary/aromatic N) is 1. The number of likely N-dealkylation sites (N-methyl/N-ethyl adjacent to an activating group) is 1. The molecule has 20 heavy (non-hydrogen) atoms. The number of nitro groups is 1. The van der Waals surface area contributed by atoms with Crippen LogP contribution in [-0.4, -0.2) is 37.1 Å². The Morgan fingerprint density at radius 1 is 1.35 bits per heavy atom. The van der Waals surface area contributed by atoms with Gasteiger partial charge in [0.2, 0.25) is 0 Å². The number of benzene rings is 1. The van der Waals surface area contributed by atoms with Crippen molar-refractivity contribution in [1.29, 1.82) is 0 Å². The molecule has 0 atom stereocenters. The van der Waals surface area contributed by atoms with Crippen LogP contribution in [-0.2, 0) is 0 Å². The Morgan fingerprint density at radius 2 is 2.10 bits per heavy atom. The zero-order valence-electron chi connectivity index (χ0n) is 11.6. The van der Waals surface area contributed by atoms with E-state index in [0.29, 0.717) is 19.7 Å². The van der Waals surface area contributed by atoms with Crippen LogP contribution in [0.1, 0.15) is 24.2 Å². The molecule has 1 rings (SSSR count). The minimum absolute atomic E-state index is 0.168. The van der Waals surface area contributed by atoms with E-state index in [-0.39, 0.29) is 22.9 Å². The Labute approximate surface area is 117 Å².